The number of aromatic nitrogens is 5. The van der Waals surface area contributed by atoms with Gasteiger partial charge in [0.1, 0.15) is 22.9 Å². The molecule has 3 aromatic rings. The van der Waals surface area contributed by atoms with E-state index in [1.54, 1.807) is 18.5 Å². The molecule has 3 heterocycles. The number of carbonyl (C=O) groups is 1. The number of nitrogens with one attached hydrogen (secondary N) is 1. The molecule has 0 aromatic carbocycles. The number of ether oxygens (including phenoxy) is 1. The molecule has 3 aromatic heterocycles. The maximum atomic E-state index is 12.5. The molecule has 0 fully saturated rings. The van der Waals surface area contributed by atoms with Crippen LogP contribution in [0, 0.1) is 13.8 Å². The molecular formula is C17H21N5O3S2. The van der Waals surface area contributed by atoms with Gasteiger partial charge in [0, 0.05) is 11.9 Å². The van der Waals surface area contributed by atoms with Crippen LogP contribution < -0.4 is 5.56 Å². The first kappa shape index (κ1) is 19.6. The van der Waals surface area contributed by atoms with E-state index in [4.69, 9.17) is 4.74 Å². The lowest BCUT2D eigenvalue weighted by Gasteiger charge is -2.10. The summed E-state index contributed by atoms with van der Waals surface area (Å²) in [6, 6.07) is 0. The molecule has 0 saturated heterocycles. The van der Waals surface area contributed by atoms with Gasteiger partial charge in [-0.1, -0.05) is 11.8 Å². The number of fused-ring (bicyclic) bond motifs is 1. The van der Waals surface area contributed by atoms with Gasteiger partial charge in [-0.05, 0) is 33.3 Å². The molecule has 1 atom stereocenters. The van der Waals surface area contributed by atoms with Crippen LogP contribution in [0.3, 0.4) is 0 Å². The number of nitrogens with zero attached hydrogens (tertiary/aromatic N) is 4. The fourth-order valence-corrected chi connectivity index (χ4v) is 4.55. The fourth-order valence-electron chi connectivity index (χ4n) is 2.62. The molecule has 10 heteroatoms. The summed E-state index contributed by atoms with van der Waals surface area (Å²) in [7, 11) is 1.80. The van der Waals surface area contributed by atoms with Crippen molar-refractivity contribution in [2.24, 2.45) is 7.05 Å². The first-order valence-electron chi connectivity index (χ1n) is 8.52. The summed E-state index contributed by atoms with van der Waals surface area (Å²) < 4.78 is 6.71. The third-order valence-corrected chi connectivity index (χ3v) is 6.50. The molecule has 0 aliphatic heterocycles. The van der Waals surface area contributed by atoms with Gasteiger partial charge in [0.15, 0.2) is 5.16 Å². The van der Waals surface area contributed by atoms with Crippen LogP contribution in [0.25, 0.3) is 10.2 Å². The highest BCUT2D eigenvalue weighted by Crippen LogP contribution is 2.33. The number of carbonyl (C=O) groups excluding carboxylic acids is 1. The third kappa shape index (κ3) is 3.91. The van der Waals surface area contributed by atoms with Crippen molar-refractivity contribution in [3.8, 4) is 0 Å². The van der Waals surface area contributed by atoms with Crippen molar-refractivity contribution in [1.29, 1.82) is 0 Å². The largest absolute Gasteiger partial charge is 0.466 e. The Balaban J connectivity index is 1.83. The zero-order chi connectivity index (χ0) is 19.7. The van der Waals surface area contributed by atoms with E-state index >= 15 is 0 Å². The van der Waals surface area contributed by atoms with Gasteiger partial charge in [0.2, 0.25) is 0 Å². The number of esters is 1. The van der Waals surface area contributed by atoms with Gasteiger partial charge in [0.05, 0.1) is 17.2 Å². The van der Waals surface area contributed by atoms with E-state index < -0.39 is 0 Å². The van der Waals surface area contributed by atoms with Crippen LogP contribution in [0.2, 0.25) is 0 Å². The van der Waals surface area contributed by atoms with Crippen molar-refractivity contribution < 1.29 is 9.53 Å². The highest BCUT2D eigenvalue weighted by Gasteiger charge is 2.20. The van der Waals surface area contributed by atoms with Crippen molar-refractivity contribution in [1.82, 2.24) is 24.7 Å². The quantitative estimate of drug-likeness (QED) is 0.495. The second-order valence-electron chi connectivity index (χ2n) is 6.11. The highest BCUT2D eigenvalue weighted by molar-refractivity contribution is 7.99. The van der Waals surface area contributed by atoms with E-state index in [9.17, 15) is 9.59 Å². The number of hydrogen-bond acceptors (Lipinski definition) is 8. The van der Waals surface area contributed by atoms with Gasteiger partial charge in [-0.3, -0.25) is 9.59 Å². The average Bonchev–Trinajstić information content (AvgIpc) is 3.09. The lowest BCUT2D eigenvalue weighted by atomic mass is 10.2. The predicted octanol–water partition coefficient (Wildman–Crippen LogP) is 2.69. The number of H-pyrrole nitrogens is 1. The van der Waals surface area contributed by atoms with Crippen LogP contribution in [-0.4, -0.2) is 37.3 Å². The standard InChI is InChI=1S/C17H21N5O3S2/c1-6-25-12(23)7-11-20-21-17(22(11)5)27-10(4)14-18-15(24)13-8(2)9(3)26-16(13)19-14/h10H,6-7H2,1-5H3,(H,18,19,24)/t10-/m1/s1. The summed E-state index contributed by atoms with van der Waals surface area (Å²) in [6.07, 6.45) is 0.0705. The Morgan fingerprint density at radius 1 is 1.37 bits per heavy atom. The minimum atomic E-state index is -0.336. The molecule has 8 nitrogen and oxygen atoms in total. The van der Waals surface area contributed by atoms with Crippen molar-refractivity contribution in [2.45, 2.75) is 44.5 Å². The molecule has 0 saturated carbocycles. The van der Waals surface area contributed by atoms with Crippen molar-refractivity contribution in [3.05, 3.63) is 32.4 Å². The second-order valence-corrected chi connectivity index (χ2v) is 8.63. The lowest BCUT2D eigenvalue weighted by Crippen LogP contribution is -2.13. The number of thioether (sulfide) groups is 1. The van der Waals surface area contributed by atoms with E-state index in [1.165, 1.54) is 23.1 Å². The van der Waals surface area contributed by atoms with Gasteiger partial charge in [-0.25, -0.2) is 4.98 Å². The zero-order valence-corrected chi connectivity index (χ0v) is 17.5. The van der Waals surface area contributed by atoms with E-state index in [0.717, 1.165) is 15.3 Å². The SMILES string of the molecule is CCOC(=O)Cc1nnc(S[C@H](C)c2nc3sc(C)c(C)c3c(=O)[nH]2)n1C. The Morgan fingerprint density at radius 3 is 2.81 bits per heavy atom. The normalized spacial score (nSPS) is 12.5. The van der Waals surface area contributed by atoms with Crippen LogP contribution in [0.5, 0.6) is 0 Å². The van der Waals surface area contributed by atoms with Crippen molar-refractivity contribution in [2.75, 3.05) is 6.61 Å². The van der Waals surface area contributed by atoms with Crippen LogP contribution in [0.15, 0.2) is 9.95 Å². The minimum Gasteiger partial charge on any atom is -0.466 e. The number of aromatic amines is 1. The molecule has 27 heavy (non-hydrogen) atoms. The molecule has 0 aliphatic rings. The molecule has 0 spiro atoms. The first-order chi connectivity index (χ1) is 12.8. The van der Waals surface area contributed by atoms with Crippen LogP contribution in [-0.2, 0) is 23.0 Å². The minimum absolute atomic E-state index is 0.0705. The molecule has 0 amide bonds. The topological polar surface area (TPSA) is 103 Å². The molecule has 1 N–H and O–H groups in total. The van der Waals surface area contributed by atoms with Gasteiger partial charge in [0.25, 0.3) is 5.56 Å². The smallest absolute Gasteiger partial charge is 0.313 e. The summed E-state index contributed by atoms with van der Waals surface area (Å²) >= 11 is 2.95. The van der Waals surface area contributed by atoms with Crippen LogP contribution in [0.4, 0.5) is 0 Å². The van der Waals surface area contributed by atoms with Gasteiger partial charge >= 0.3 is 5.97 Å². The maximum Gasteiger partial charge on any atom is 0.313 e. The van der Waals surface area contributed by atoms with E-state index in [0.29, 0.717) is 28.8 Å². The molecule has 0 aliphatic carbocycles. The van der Waals surface area contributed by atoms with Gasteiger partial charge in [-0.2, -0.15) is 0 Å². The molecule has 0 unspecified atom stereocenters. The number of rotatable bonds is 6. The van der Waals surface area contributed by atoms with E-state index in [1.807, 2.05) is 20.8 Å². The lowest BCUT2D eigenvalue weighted by molar-refractivity contribution is -0.142. The first-order valence-corrected chi connectivity index (χ1v) is 10.2. The molecule has 144 valence electrons. The summed E-state index contributed by atoms with van der Waals surface area (Å²) in [5.41, 5.74) is 0.859. The second kappa shape index (κ2) is 7.81. The Labute approximate surface area is 164 Å². The highest BCUT2D eigenvalue weighted by atomic mass is 32.2. The monoisotopic (exact) mass is 407 g/mol. The molecule has 3 rings (SSSR count). The summed E-state index contributed by atoms with van der Waals surface area (Å²) in [6.45, 7) is 7.97. The van der Waals surface area contributed by atoms with Crippen molar-refractivity contribution in [3.63, 3.8) is 0 Å². The number of aryl methyl sites for hydroxylation is 2. The Morgan fingerprint density at radius 2 is 2.11 bits per heavy atom. The van der Waals surface area contributed by atoms with E-state index in [-0.39, 0.29) is 23.2 Å². The Hall–Kier alpha value is -2.20. The maximum absolute atomic E-state index is 12.5. The average molecular weight is 408 g/mol. The Kier molecular flexibility index (Phi) is 5.66. The zero-order valence-electron chi connectivity index (χ0n) is 15.8. The third-order valence-electron chi connectivity index (χ3n) is 4.26. The van der Waals surface area contributed by atoms with Gasteiger partial charge < -0.3 is 14.3 Å². The number of thiophene rings is 1. The fraction of sp³-hybridized carbons (Fsp3) is 0.471. The summed E-state index contributed by atoms with van der Waals surface area (Å²) in [5.74, 6) is 0.788. The van der Waals surface area contributed by atoms with Crippen LogP contribution in [0.1, 0.15) is 41.2 Å². The van der Waals surface area contributed by atoms with Crippen LogP contribution >= 0.6 is 23.1 Å². The predicted molar refractivity (Wildman–Crippen MR) is 105 cm³/mol. The molecular weight excluding hydrogens is 386 g/mol. The van der Waals surface area contributed by atoms with Crippen molar-refractivity contribution >= 4 is 39.3 Å². The summed E-state index contributed by atoms with van der Waals surface area (Å²) in [5, 5.41) is 9.38. The molecule has 0 radical (unpaired) electrons. The van der Waals surface area contributed by atoms with Gasteiger partial charge in [-0.15, -0.1) is 21.5 Å². The summed E-state index contributed by atoms with van der Waals surface area (Å²) in [4.78, 5) is 33.5. The molecule has 0 bridgehead atoms. The van der Waals surface area contributed by atoms with E-state index in [2.05, 4.69) is 20.2 Å². The number of hydrogen-bond donors (Lipinski definition) is 1. The Bertz CT molecular complexity index is 1050.